The van der Waals surface area contributed by atoms with Crippen LogP contribution in [0.2, 0.25) is 0 Å². The van der Waals surface area contributed by atoms with Crippen molar-refractivity contribution in [3.63, 3.8) is 0 Å². The minimum Gasteiger partial charge on any atom is -0.487 e. The molecule has 0 saturated heterocycles. The monoisotopic (exact) mass is 354 g/mol. The van der Waals surface area contributed by atoms with Gasteiger partial charge in [0, 0.05) is 12.2 Å². The summed E-state index contributed by atoms with van der Waals surface area (Å²) < 4.78 is 5.68. The summed E-state index contributed by atoms with van der Waals surface area (Å²) >= 11 is 0. The van der Waals surface area contributed by atoms with Crippen molar-refractivity contribution in [1.29, 1.82) is 0 Å². The molecule has 1 heterocycles. The van der Waals surface area contributed by atoms with E-state index >= 15 is 0 Å². The number of benzene rings is 1. The van der Waals surface area contributed by atoms with Crippen LogP contribution in [-0.4, -0.2) is 39.0 Å². The van der Waals surface area contributed by atoms with Crippen LogP contribution in [0.3, 0.4) is 0 Å². The Bertz CT molecular complexity index is 757. The summed E-state index contributed by atoms with van der Waals surface area (Å²) in [5, 5.41) is 9.22. The van der Waals surface area contributed by atoms with Crippen LogP contribution >= 0.6 is 0 Å². The van der Waals surface area contributed by atoms with Crippen molar-refractivity contribution >= 4 is 11.9 Å². The maximum atomic E-state index is 12.6. The van der Waals surface area contributed by atoms with E-state index in [0.29, 0.717) is 12.4 Å². The number of aromatic nitrogens is 1. The Hall–Kier alpha value is -2.89. The van der Waals surface area contributed by atoms with E-state index in [9.17, 15) is 14.7 Å². The maximum absolute atomic E-state index is 12.6. The smallest absolute Gasteiger partial charge is 0.326 e. The fourth-order valence-corrected chi connectivity index (χ4v) is 2.82. The van der Waals surface area contributed by atoms with Crippen LogP contribution < -0.4 is 4.74 Å². The molecule has 1 unspecified atom stereocenters. The van der Waals surface area contributed by atoms with Crippen molar-refractivity contribution in [3.05, 3.63) is 59.9 Å². The van der Waals surface area contributed by atoms with Gasteiger partial charge in [0.1, 0.15) is 18.4 Å². The number of carboxylic acid groups (broad SMARTS) is 1. The summed E-state index contributed by atoms with van der Waals surface area (Å²) in [6.45, 7) is 1.94. The van der Waals surface area contributed by atoms with Gasteiger partial charge < -0.3 is 14.7 Å². The molecule has 0 bridgehead atoms. The number of hydrogen-bond donors (Lipinski definition) is 1. The van der Waals surface area contributed by atoms with Gasteiger partial charge in [-0.2, -0.15) is 0 Å². The highest BCUT2D eigenvalue weighted by Gasteiger charge is 2.38. The first-order valence-electron chi connectivity index (χ1n) is 8.70. The van der Waals surface area contributed by atoms with Gasteiger partial charge in [-0.15, -0.1) is 0 Å². The van der Waals surface area contributed by atoms with Gasteiger partial charge in [0.2, 0.25) is 5.91 Å². The van der Waals surface area contributed by atoms with Crippen LogP contribution in [0.1, 0.15) is 31.0 Å². The van der Waals surface area contributed by atoms with E-state index in [2.05, 4.69) is 4.98 Å². The molecule has 2 aromatic rings. The number of hydrogen-bond acceptors (Lipinski definition) is 4. The van der Waals surface area contributed by atoms with E-state index in [1.54, 1.807) is 13.1 Å². The summed E-state index contributed by atoms with van der Waals surface area (Å²) in [5.74, 6) is -0.419. The lowest BCUT2D eigenvalue weighted by Gasteiger charge is -2.26. The van der Waals surface area contributed by atoms with E-state index in [1.165, 1.54) is 4.90 Å². The molecule has 136 valence electrons. The van der Waals surface area contributed by atoms with E-state index in [4.69, 9.17) is 4.74 Å². The lowest BCUT2D eigenvalue weighted by Crippen LogP contribution is -2.45. The van der Waals surface area contributed by atoms with Crippen molar-refractivity contribution in [2.75, 3.05) is 0 Å². The molecule has 1 aliphatic carbocycles. The number of aliphatic carboxylic acids is 1. The Kier molecular flexibility index (Phi) is 5.51. The van der Waals surface area contributed by atoms with Gasteiger partial charge >= 0.3 is 5.97 Å². The topological polar surface area (TPSA) is 79.7 Å². The number of nitrogens with zero attached hydrogens (tertiary/aromatic N) is 2. The quantitative estimate of drug-likeness (QED) is 0.788. The van der Waals surface area contributed by atoms with Crippen LogP contribution in [0, 0.1) is 0 Å². The molecule has 1 aromatic carbocycles. The van der Waals surface area contributed by atoms with Gasteiger partial charge in [0.25, 0.3) is 0 Å². The van der Waals surface area contributed by atoms with Crippen LogP contribution in [0.15, 0.2) is 48.7 Å². The second-order valence-corrected chi connectivity index (χ2v) is 6.48. The molecular weight excluding hydrogens is 332 g/mol. The third-order valence-corrected chi connectivity index (χ3v) is 4.39. The van der Waals surface area contributed by atoms with Crippen LogP contribution in [-0.2, 0) is 22.6 Å². The Morgan fingerprint density at radius 3 is 2.54 bits per heavy atom. The fourth-order valence-electron chi connectivity index (χ4n) is 2.82. The third kappa shape index (κ3) is 4.59. The van der Waals surface area contributed by atoms with E-state index < -0.39 is 12.0 Å². The molecule has 1 aromatic heterocycles. The van der Waals surface area contributed by atoms with Gasteiger partial charge in [-0.25, -0.2) is 4.79 Å². The maximum Gasteiger partial charge on any atom is 0.326 e. The second kappa shape index (κ2) is 7.99. The van der Waals surface area contributed by atoms with Gasteiger partial charge in [-0.05, 0) is 49.6 Å². The molecule has 0 spiro atoms. The van der Waals surface area contributed by atoms with Crippen molar-refractivity contribution in [3.8, 4) is 5.75 Å². The van der Waals surface area contributed by atoms with Crippen LogP contribution in [0.25, 0.3) is 0 Å². The number of carboxylic acids is 1. The first-order valence-corrected chi connectivity index (χ1v) is 8.70. The molecule has 0 aliphatic heterocycles. The summed E-state index contributed by atoms with van der Waals surface area (Å²) in [7, 11) is 0. The number of carbonyl (C=O) groups is 2. The van der Waals surface area contributed by atoms with Crippen LogP contribution in [0.5, 0.6) is 5.75 Å². The molecule has 6 nitrogen and oxygen atoms in total. The second-order valence-electron chi connectivity index (χ2n) is 6.48. The van der Waals surface area contributed by atoms with E-state index in [0.717, 1.165) is 24.1 Å². The van der Waals surface area contributed by atoms with Gasteiger partial charge in [-0.1, -0.05) is 18.2 Å². The molecule has 1 fully saturated rings. The molecule has 1 N–H and O–H groups in total. The molecule has 26 heavy (non-hydrogen) atoms. The largest absolute Gasteiger partial charge is 0.487 e. The normalized spacial score (nSPS) is 14.5. The minimum atomic E-state index is -0.969. The Balaban J connectivity index is 1.58. The van der Waals surface area contributed by atoms with Crippen molar-refractivity contribution < 1.29 is 19.4 Å². The molecular formula is C20H22N2O4. The summed E-state index contributed by atoms with van der Waals surface area (Å²) in [6.07, 6.45) is 3.67. The predicted molar refractivity (Wildman–Crippen MR) is 95.7 cm³/mol. The lowest BCUT2D eigenvalue weighted by molar-refractivity contribution is -0.149. The molecule has 1 saturated carbocycles. The molecule has 1 amide bonds. The third-order valence-electron chi connectivity index (χ3n) is 4.39. The van der Waals surface area contributed by atoms with Gasteiger partial charge in [0.15, 0.2) is 0 Å². The molecule has 3 rings (SSSR count). The molecule has 6 heteroatoms. The first-order chi connectivity index (χ1) is 12.5. The summed E-state index contributed by atoms with van der Waals surface area (Å²) in [4.78, 5) is 29.5. The highest BCUT2D eigenvalue weighted by atomic mass is 16.5. The zero-order valence-corrected chi connectivity index (χ0v) is 14.7. The molecule has 1 aliphatic rings. The Morgan fingerprint density at radius 2 is 1.96 bits per heavy atom. The highest BCUT2D eigenvalue weighted by Crippen LogP contribution is 2.29. The van der Waals surface area contributed by atoms with E-state index in [-0.39, 0.29) is 18.4 Å². The zero-order valence-electron chi connectivity index (χ0n) is 14.7. The SMILES string of the molecule is CC(C(=O)O)N(C(=O)Cc1ccc(OCc2ccccn2)cc1)C1CC1. The average Bonchev–Trinajstić information content (AvgIpc) is 3.47. The number of amides is 1. The standard InChI is InChI=1S/C20H22N2O4/c1-14(20(24)25)22(17-7-8-17)19(23)12-15-5-9-18(10-6-15)26-13-16-4-2-3-11-21-16/h2-6,9-11,14,17H,7-8,12-13H2,1H3,(H,24,25). The zero-order chi connectivity index (χ0) is 18.5. The van der Waals surface area contributed by atoms with Crippen molar-refractivity contribution in [1.82, 2.24) is 9.88 Å². The van der Waals surface area contributed by atoms with Crippen molar-refractivity contribution in [2.24, 2.45) is 0 Å². The van der Waals surface area contributed by atoms with Crippen LogP contribution in [0.4, 0.5) is 0 Å². The average molecular weight is 354 g/mol. The molecule has 1 atom stereocenters. The lowest BCUT2D eigenvalue weighted by atomic mass is 10.1. The Morgan fingerprint density at radius 1 is 1.23 bits per heavy atom. The summed E-state index contributed by atoms with van der Waals surface area (Å²) in [6, 6.07) is 12.2. The minimum absolute atomic E-state index is 0.0644. The number of ether oxygens (including phenoxy) is 1. The van der Waals surface area contributed by atoms with Gasteiger partial charge in [-0.3, -0.25) is 9.78 Å². The van der Waals surface area contributed by atoms with Gasteiger partial charge in [0.05, 0.1) is 12.1 Å². The number of pyridine rings is 1. The Labute approximate surface area is 152 Å². The first kappa shape index (κ1) is 17.9. The fraction of sp³-hybridized carbons (Fsp3) is 0.350. The molecule has 0 radical (unpaired) electrons. The number of rotatable bonds is 8. The van der Waals surface area contributed by atoms with Crippen molar-refractivity contribution in [2.45, 2.75) is 44.9 Å². The summed E-state index contributed by atoms with van der Waals surface area (Å²) in [5.41, 5.74) is 1.68. The number of carbonyl (C=O) groups excluding carboxylic acids is 1. The highest BCUT2D eigenvalue weighted by molar-refractivity contribution is 5.85. The van der Waals surface area contributed by atoms with E-state index in [1.807, 2.05) is 42.5 Å². The predicted octanol–water partition coefficient (Wildman–Crippen LogP) is 2.67.